The van der Waals surface area contributed by atoms with E-state index < -0.39 is 38.1 Å². The van der Waals surface area contributed by atoms with Crippen LogP contribution < -0.4 is 3.58 Å². The Bertz CT molecular complexity index is 787. The summed E-state index contributed by atoms with van der Waals surface area (Å²) in [5.41, 5.74) is 2.14. The summed E-state index contributed by atoms with van der Waals surface area (Å²) >= 11 is -2.19. The first-order valence-corrected chi connectivity index (χ1v) is 29.6. The molecule has 173 valence electrons. The Morgan fingerprint density at radius 2 is 0.970 bits per heavy atom. The molecule has 0 atom stereocenters. The molecule has 4 aromatic rings. The third-order valence-electron chi connectivity index (χ3n) is 3.77. The summed E-state index contributed by atoms with van der Waals surface area (Å²) in [7, 11) is 0. The third-order valence-corrected chi connectivity index (χ3v) is 9.66. The third kappa shape index (κ3) is 24.3. The molecule has 0 fully saturated rings. The molecule has 0 nitrogen and oxygen atoms in total. The minimum atomic E-state index is -1.65. The van der Waals surface area contributed by atoms with Crippen molar-refractivity contribution in [3.05, 3.63) is 140 Å². The van der Waals surface area contributed by atoms with Gasteiger partial charge in [0.2, 0.25) is 0 Å². The van der Waals surface area contributed by atoms with E-state index in [1.807, 2.05) is 91.0 Å². The second-order valence-electron chi connectivity index (χ2n) is 8.86. The Kier molecular flexibility index (Phi) is 22.9. The molecule has 0 aliphatic carbocycles. The first-order chi connectivity index (χ1) is 15.1. The quantitative estimate of drug-likeness (QED) is 0.136. The fourth-order valence-electron chi connectivity index (χ4n) is 2.15. The predicted octanol–water partition coefficient (Wildman–Crippen LogP) is 8.46. The minimum absolute atomic E-state index is 0. The number of rotatable bonds is 1. The Labute approximate surface area is 235 Å². The molecule has 33 heavy (non-hydrogen) atoms. The smallest absolute Gasteiger partial charge is 0.214 e. The average Bonchev–Trinajstić information content (AvgIpc) is 3.46. The first-order valence-electron chi connectivity index (χ1n) is 11.0. The molecule has 0 saturated heterocycles. The summed E-state index contributed by atoms with van der Waals surface area (Å²) in [4.78, 5) is 14.4. The minimum Gasteiger partial charge on any atom is -0.214 e. The Morgan fingerprint density at radius 1 is 0.636 bits per heavy atom. The normalized spacial score (nSPS) is 9.18. The maximum atomic E-state index is 3.72. The summed E-state index contributed by atoms with van der Waals surface area (Å²) in [5, 5.41) is 0. The van der Waals surface area contributed by atoms with E-state index in [9.17, 15) is 0 Å². The Morgan fingerprint density at radius 3 is 1.12 bits per heavy atom. The first kappa shape index (κ1) is 34.5. The van der Waals surface area contributed by atoms with Crippen molar-refractivity contribution in [2.45, 2.75) is 29.6 Å². The van der Waals surface area contributed by atoms with Crippen LogP contribution in [-0.4, -0.2) is 38.1 Å². The van der Waals surface area contributed by atoms with Gasteiger partial charge in [0, 0.05) is 0 Å². The van der Waals surface area contributed by atoms with Crippen molar-refractivity contribution in [3.8, 4) is 0 Å². The van der Waals surface area contributed by atoms with Gasteiger partial charge in [0.25, 0.3) is 0 Å². The molecule has 0 unspecified atom stereocenters. The molecule has 0 aliphatic heterocycles. The van der Waals surface area contributed by atoms with E-state index in [1.54, 1.807) is 3.58 Å². The predicted molar refractivity (Wildman–Crippen MR) is 152 cm³/mol. The van der Waals surface area contributed by atoms with Crippen LogP contribution in [-0.2, 0) is 26.2 Å². The van der Waals surface area contributed by atoms with Crippen LogP contribution in [0.2, 0.25) is 29.6 Å². The van der Waals surface area contributed by atoms with Gasteiger partial charge >= 0.3 is 122 Å². The zero-order valence-corrected chi connectivity index (χ0v) is 29.6. The second kappa shape index (κ2) is 21.9. The molecular weight excluding hydrogens is 689 g/mol. The molecule has 3 heteroatoms. The number of benzene rings is 2. The molecule has 0 N–H and O–H groups in total. The van der Waals surface area contributed by atoms with Gasteiger partial charge in [-0.15, -0.1) is 24.3 Å². The van der Waals surface area contributed by atoms with E-state index >= 15 is 0 Å². The van der Waals surface area contributed by atoms with E-state index in [0.717, 1.165) is 11.1 Å². The largest absolute Gasteiger partial charge is 4.00 e. The van der Waals surface area contributed by atoms with Crippen molar-refractivity contribution in [1.29, 1.82) is 0 Å². The molecule has 0 amide bonds. The van der Waals surface area contributed by atoms with Crippen molar-refractivity contribution in [1.82, 2.24) is 0 Å². The van der Waals surface area contributed by atoms with Crippen molar-refractivity contribution < 1.29 is 26.2 Å². The summed E-state index contributed by atoms with van der Waals surface area (Å²) < 4.78 is 1.63. The molecule has 0 aromatic heterocycles. The van der Waals surface area contributed by atoms with Gasteiger partial charge in [-0.25, -0.2) is 12.1 Å². The second-order valence-corrected chi connectivity index (χ2v) is 31.9. The van der Waals surface area contributed by atoms with E-state index in [-0.39, 0.29) is 26.2 Å². The van der Waals surface area contributed by atoms with Gasteiger partial charge in [0.1, 0.15) is 0 Å². The maximum absolute atomic E-state index is 3.72. The SMILES string of the molecule is [CH2-]c1ccccc1.[CH2-]c1ccccc1.[CH3][Sn]([CH3])([CH3])[c-]1cccc1.[CH3][Sn]([CH3])[CH3].[Zr+4].c1cc[cH-]c1. The van der Waals surface area contributed by atoms with Crippen LogP contribution in [0.3, 0.4) is 0 Å². The van der Waals surface area contributed by atoms with Crippen LogP contribution in [0.1, 0.15) is 11.1 Å². The van der Waals surface area contributed by atoms with Crippen molar-refractivity contribution in [3.63, 3.8) is 0 Å². The molecule has 0 heterocycles. The molecule has 0 spiro atoms. The standard InChI is InChI=1S/2C7H7.C5H5.C5H4.6CH3.2Sn.Zr/c2*1-7-5-3-2-4-6-7;2*1-2-4-5-3-1;;;;;;;;;/h2*2-6H,1H2;1-5H;1-4H;6*1H3;;;/q4*-1;;;;;;;;;+4. The van der Waals surface area contributed by atoms with E-state index in [4.69, 9.17) is 0 Å². The molecule has 0 aliphatic rings. The van der Waals surface area contributed by atoms with Crippen molar-refractivity contribution in [2.75, 3.05) is 0 Å². The van der Waals surface area contributed by atoms with Crippen LogP contribution >= 0.6 is 0 Å². The summed E-state index contributed by atoms with van der Waals surface area (Å²) in [6.07, 6.45) is 0. The molecular formula is C30H41Sn2Zr. The van der Waals surface area contributed by atoms with E-state index in [0.29, 0.717) is 0 Å². The molecule has 4 aromatic carbocycles. The van der Waals surface area contributed by atoms with Crippen LogP contribution in [0.25, 0.3) is 0 Å². The molecule has 1 radical (unpaired) electrons. The molecule has 0 saturated carbocycles. The summed E-state index contributed by atoms with van der Waals surface area (Å²) in [6.45, 7) is 7.44. The molecule has 4 rings (SSSR count). The monoisotopic (exact) mass is 731 g/mol. The topological polar surface area (TPSA) is 0 Å². The van der Waals surface area contributed by atoms with Gasteiger partial charge < -0.3 is 0 Å². The van der Waals surface area contributed by atoms with Gasteiger partial charge in [0.15, 0.2) is 0 Å². The number of hydrogen-bond acceptors (Lipinski definition) is 0. The Balaban J connectivity index is 0. The van der Waals surface area contributed by atoms with Crippen molar-refractivity contribution >= 4 is 41.7 Å². The average molecular weight is 730 g/mol. The van der Waals surface area contributed by atoms with Gasteiger partial charge in [0.05, 0.1) is 0 Å². The summed E-state index contributed by atoms with van der Waals surface area (Å²) in [5.74, 6) is 0. The van der Waals surface area contributed by atoms with E-state index in [2.05, 4.69) is 67.8 Å². The van der Waals surface area contributed by atoms with Crippen LogP contribution in [0.4, 0.5) is 0 Å². The fraction of sp³-hybridized carbons (Fsp3) is 0.200. The van der Waals surface area contributed by atoms with Gasteiger partial charge in [-0.2, -0.15) is 67.4 Å². The van der Waals surface area contributed by atoms with Crippen LogP contribution in [0.5, 0.6) is 0 Å². The van der Waals surface area contributed by atoms with Gasteiger partial charge in [-0.05, 0) is 0 Å². The Hall–Kier alpha value is -0.639. The number of hydrogen-bond donors (Lipinski definition) is 0. The van der Waals surface area contributed by atoms with Crippen LogP contribution in [0.15, 0.2) is 115 Å². The molecule has 0 bridgehead atoms. The van der Waals surface area contributed by atoms with Gasteiger partial charge in [-0.1, -0.05) is 12.1 Å². The zero-order chi connectivity index (χ0) is 24.2. The summed E-state index contributed by atoms with van der Waals surface area (Å²) in [6, 6.07) is 38.5. The fourth-order valence-corrected chi connectivity index (χ4v) is 5.55. The zero-order valence-electron chi connectivity index (χ0n) is 21.4. The van der Waals surface area contributed by atoms with E-state index in [1.165, 1.54) is 0 Å². The van der Waals surface area contributed by atoms with Crippen molar-refractivity contribution in [2.24, 2.45) is 0 Å². The van der Waals surface area contributed by atoms with Gasteiger partial charge in [-0.3, -0.25) is 0 Å². The maximum Gasteiger partial charge on any atom is 4.00 e. The van der Waals surface area contributed by atoms with Crippen LogP contribution in [0, 0.1) is 13.8 Å².